The van der Waals surface area contributed by atoms with Crippen LogP contribution in [0.1, 0.15) is 12.6 Å². The number of nitrogens with one attached hydrogen (secondary N) is 1. The lowest BCUT2D eigenvalue weighted by molar-refractivity contribution is 0.415. The van der Waals surface area contributed by atoms with Gasteiger partial charge < -0.3 is 14.6 Å². The lowest BCUT2D eigenvalue weighted by atomic mass is 10.2. The maximum absolute atomic E-state index is 6.03. The lowest BCUT2D eigenvalue weighted by Crippen LogP contribution is -2.22. The number of halogens is 1. The number of imidazole rings is 1. The maximum Gasteiger partial charge on any atom is 0.139 e. The minimum Gasteiger partial charge on any atom is -0.495 e. The van der Waals surface area contributed by atoms with Gasteiger partial charge in [0.1, 0.15) is 5.75 Å². The Hall–Kier alpha value is -1.68. The van der Waals surface area contributed by atoms with Gasteiger partial charge >= 0.3 is 0 Å². The van der Waals surface area contributed by atoms with E-state index in [0.717, 1.165) is 24.5 Å². The van der Waals surface area contributed by atoms with Crippen molar-refractivity contribution in [1.29, 1.82) is 0 Å². The number of methoxy groups -OCH3 is 1. The van der Waals surface area contributed by atoms with Gasteiger partial charge in [-0.15, -0.1) is 0 Å². The van der Waals surface area contributed by atoms with E-state index in [2.05, 4.69) is 21.8 Å². The van der Waals surface area contributed by atoms with Gasteiger partial charge in [-0.2, -0.15) is 0 Å². The fraction of sp³-hybridized carbons (Fsp3) is 0.308. The van der Waals surface area contributed by atoms with E-state index >= 15 is 0 Å². The van der Waals surface area contributed by atoms with Crippen LogP contribution in [0, 0.1) is 0 Å². The second-order valence-electron chi connectivity index (χ2n) is 3.91. The second-order valence-corrected chi connectivity index (χ2v) is 4.32. The Morgan fingerprint density at radius 2 is 2.28 bits per heavy atom. The third-order valence-electron chi connectivity index (χ3n) is 2.80. The summed E-state index contributed by atoms with van der Waals surface area (Å²) in [6, 6.07) is 5.79. The van der Waals surface area contributed by atoms with Crippen molar-refractivity contribution < 1.29 is 4.74 Å². The molecule has 0 radical (unpaired) electrons. The summed E-state index contributed by atoms with van der Waals surface area (Å²) >= 11 is 6.03. The largest absolute Gasteiger partial charge is 0.495 e. The number of benzene rings is 1. The molecule has 2 aromatic rings. The quantitative estimate of drug-likeness (QED) is 0.903. The summed E-state index contributed by atoms with van der Waals surface area (Å²) in [5.41, 5.74) is 2.15. The number of nitrogens with zero attached hydrogens (tertiary/aromatic N) is 2. The van der Waals surface area contributed by atoms with Gasteiger partial charge in [0.2, 0.25) is 0 Å². The van der Waals surface area contributed by atoms with Gasteiger partial charge in [-0.3, -0.25) is 0 Å². The van der Waals surface area contributed by atoms with E-state index in [1.165, 1.54) is 0 Å². The number of aromatic nitrogens is 2. The van der Waals surface area contributed by atoms with Gasteiger partial charge in [0, 0.05) is 24.5 Å². The van der Waals surface area contributed by atoms with Crippen molar-refractivity contribution in [1.82, 2.24) is 9.97 Å². The molecule has 4 nitrogen and oxygen atoms in total. The number of aromatic amines is 1. The normalized spacial score (nSPS) is 10.4. The van der Waals surface area contributed by atoms with E-state index in [-0.39, 0.29) is 0 Å². The summed E-state index contributed by atoms with van der Waals surface area (Å²) < 4.78 is 5.24. The number of rotatable bonds is 5. The molecule has 0 aliphatic heterocycles. The molecule has 0 aliphatic rings. The van der Waals surface area contributed by atoms with E-state index in [1.54, 1.807) is 13.4 Å². The standard InChI is InChI=1S/C13H16ClN3O/c1-3-17(8-10-7-15-9-16-10)11-4-5-12(14)13(6-11)18-2/h4-7,9H,3,8H2,1-2H3,(H,15,16). The van der Waals surface area contributed by atoms with Gasteiger partial charge in [-0.05, 0) is 19.1 Å². The predicted octanol–water partition coefficient (Wildman–Crippen LogP) is 3.10. The molecule has 1 heterocycles. The Labute approximate surface area is 112 Å². The lowest BCUT2D eigenvalue weighted by Gasteiger charge is -2.23. The second kappa shape index (κ2) is 5.78. The van der Waals surface area contributed by atoms with Crippen molar-refractivity contribution >= 4 is 17.3 Å². The van der Waals surface area contributed by atoms with Crippen molar-refractivity contribution in [2.45, 2.75) is 13.5 Å². The molecule has 0 amide bonds. The summed E-state index contributed by atoms with van der Waals surface area (Å²) in [6.45, 7) is 3.78. The fourth-order valence-electron chi connectivity index (χ4n) is 1.81. The summed E-state index contributed by atoms with van der Waals surface area (Å²) in [5, 5.41) is 0.624. The zero-order valence-electron chi connectivity index (χ0n) is 10.5. The zero-order chi connectivity index (χ0) is 13.0. The molecular weight excluding hydrogens is 250 g/mol. The Morgan fingerprint density at radius 3 is 2.89 bits per heavy atom. The smallest absolute Gasteiger partial charge is 0.139 e. The van der Waals surface area contributed by atoms with Crippen molar-refractivity contribution in [3.05, 3.63) is 41.4 Å². The molecule has 0 aliphatic carbocycles. The predicted molar refractivity (Wildman–Crippen MR) is 73.3 cm³/mol. The van der Waals surface area contributed by atoms with Crippen molar-refractivity contribution in [3.8, 4) is 5.75 Å². The number of hydrogen-bond donors (Lipinski definition) is 1. The summed E-state index contributed by atoms with van der Waals surface area (Å²) in [4.78, 5) is 9.34. The van der Waals surface area contributed by atoms with Crippen molar-refractivity contribution in [2.24, 2.45) is 0 Å². The zero-order valence-corrected chi connectivity index (χ0v) is 11.2. The Morgan fingerprint density at radius 1 is 1.44 bits per heavy atom. The average molecular weight is 266 g/mol. The first-order valence-corrected chi connectivity index (χ1v) is 6.18. The summed E-state index contributed by atoms with van der Waals surface area (Å²) in [6.07, 6.45) is 3.52. The van der Waals surface area contributed by atoms with Crippen LogP contribution in [-0.2, 0) is 6.54 Å². The highest BCUT2D eigenvalue weighted by Gasteiger charge is 2.09. The molecule has 2 rings (SSSR count). The van der Waals surface area contributed by atoms with Gasteiger partial charge in [0.15, 0.2) is 0 Å². The Kier molecular flexibility index (Phi) is 4.10. The highest BCUT2D eigenvalue weighted by molar-refractivity contribution is 6.32. The molecule has 1 aromatic heterocycles. The van der Waals surface area contributed by atoms with E-state index < -0.39 is 0 Å². The highest BCUT2D eigenvalue weighted by Crippen LogP contribution is 2.29. The highest BCUT2D eigenvalue weighted by atomic mass is 35.5. The molecule has 0 atom stereocenters. The summed E-state index contributed by atoms with van der Waals surface area (Å²) in [5.74, 6) is 0.692. The molecule has 0 saturated carbocycles. The van der Waals surface area contributed by atoms with E-state index in [4.69, 9.17) is 16.3 Å². The average Bonchev–Trinajstić information content (AvgIpc) is 2.89. The van der Waals surface area contributed by atoms with Crippen LogP contribution < -0.4 is 9.64 Å². The molecule has 0 spiro atoms. The van der Waals surface area contributed by atoms with Crippen LogP contribution >= 0.6 is 11.6 Å². The molecule has 0 bridgehead atoms. The number of ether oxygens (including phenoxy) is 1. The van der Waals surface area contributed by atoms with E-state index in [0.29, 0.717) is 10.8 Å². The van der Waals surface area contributed by atoms with Gasteiger partial charge in [-0.25, -0.2) is 4.98 Å². The first-order valence-electron chi connectivity index (χ1n) is 5.80. The van der Waals surface area contributed by atoms with Crippen molar-refractivity contribution in [2.75, 3.05) is 18.6 Å². The number of anilines is 1. The van der Waals surface area contributed by atoms with Crippen LogP contribution in [0.2, 0.25) is 5.02 Å². The van der Waals surface area contributed by atoms with Gasteiger partial charge in [-0.1, -0.05) is 11.6 Å². The molecule has 1 aromatic carbocycles. The number of H-pyrrole nitrogens is 1. The SMILES string of the molecule is CCN(Cc1cnc[nH]1)c1ccc(Cl)c(OC)c1. The molecule has 18 heavy (non-hydrogen) atoms. The van der Waals surface area contributed by atoms with Gasteiger partial charge in [0.05, 0.1) is 30.7 Å². The van der Waals surface area contributed by atoms with Crippen LogP contribution in [-0.4, -0.2) is 23.6 Å². The Bertz CT molecular complexity index is 499. The molecule has 0 unspecified atom stereocenters. The third kappa shape index (κ3) is 2.76. The van der Waals surface area contributed by atoms with Gasteiger partial charge in [0.25, 0.3) is 0 Å². The fourth-order valence-corrected chi connectivity index (χ4v) is 2.00. The Balaban J connectivity index is 2.21. The first-order chi connectivity index (χ1) is 8.74. The minimum atomic E-state index is 0.624. The minimum absolute atomic E-state index is 0.624. The maximum atomic E-state index is 6.03. The first kappa shape index (κ1) is 12.8. The molecule has 1 N–H and O–H groups in total. The van der Waals surface area contributed by atoms with E-state index in [9.17, 15) is 0 Å². The van der Waals surface area contributed by atoms with Crippen LogP contribution in [0.25, 0.3) is 0 Å². The van der Waals surface area contributed by atoms with Crippen LogP contribution in [0.4, 0.5) is 5.69 Å². The monoisotopic (exact) mass is 265 g/mol. The molecule has 96 valence electrons. The third-order valence-corrected chi connectivity index (χ3v) is 3.11. The number of hydrogen-bond acceptors (Lipinski definition) is 3. The van der Waals surface area contributed by atoms with Crippen LogP contribution in [0.15, 0.2) is 30.7 Å². The summed E-state index contributed by atoms with van der Waals surface area (Å²) in [7, 11) is 1.62. The van der Waals surface area contributed by atoms with Crippen LogP contribution in [0.5, 0.6) is 5.75 Å². The van der Waals surface area contributed by atoms with E-state index in [1.807, 2.05) is 24.4 Å². The molecule has 0 saturated heterocycles. The topological polar surface area (TPSA) is 41.2 Å². The molecular formula is C13H16ClN3O. The molecule has 5 heteroatoms. The van der Waals surface area contributed by atoms with Crippen molar-refractivity contribution in [3.63, 3.8) is 0 Å². The van der Waals surface area contributed by atoms with Crippen LogP contribution in [0.3, 0.4) is 0 Å². The molecule has 0 fully saturated rings.